The fraction of sp³-hybridized carbons (Fsp3) is 0.417. The van der Waals surface area contributed by atoms with E-state index in [0.29, 0.717) is 18.4 Å². The van der Waals surface area contributed by atoms with Gasteiger partial charge in [-0.25, -0.2) is 9.97 Å². The highest BCUT2D eigenvalue weighted by Gasteiger charge is 2.35. The fourth-order valence-corrected chi connectivity index (χ4v) is 6.13. The Labute approximate surface area is 186 Å². The number of hydrogen-bond donors (Lipinski definition) is 1. The van der Waals surface area contributed by atoms with E-state index in [-0.39, 0.29) is 5.91 Å². The molecular formula is C24H27N5OS. The molecule has 1 N–H and O–H groups in total. The Morgan fingerprint density at radius 1 is 1.23 bits per heavy atom. The van der Waals surface area contributed by atoms with Crippen LogP contribution in [0.2, 0.25) is 0 Å². The van der Waals surface area contributed by atoms with E-state index in [1.807, 2.05) is 33.0 Å². The molecule has 3 unspecified atom stereocenters. The number of thiophene rings is 1. The molecule has 2 bridgehead atoms. The first-order valence-corrected chi connectivity index (χ1v) is 11.6. The molecule has 160 valence electrons. The molecule has 1 fully saturated rings. The zero-order valence-electron chi connectivity index (χ0n) is 18.1. The molecule has 5 rings (SSSR count). The number of nitrogens with one attached hydrogen (secondary N) is 1. The van der Waals surface area contributed by atoms with Gasteiger partial charge in [-0.1, -0.05) is 12.2 Å². The van der Waals surface area contributed by atoms with Gasteiger partial charge >= 0.3 is 0 Å². The lowest BCUT2D eigenvalue weighted by Crippen LogP contribution is -2.26. The Kier molecular flexibility index (Phi) is 5.22. The van der Waals surface area contributed by atoms with Crippen LogP contribution in [0.5, 0.6) is 0 Å². The van der Waals surface area contributed by atoms with Gasteiger partial charge in [0.1, 0.15) is 17.0 Å². The average molecular weight is 434 g/mol. The van der Waals surface area contributed by atoms with Crippen molar-refractivity contribution in [2.75, 3.05) is 18.9 Å². The number of fused-ring (bicyclic) bond motifs is 3. The van der Waals surface area contributed by atoms with Crippen molar-refractivity contribution in [3.63, 3.8) is 0 Å². The molecule has 0 aliphatic heterocycles. The first-order chi connectivity index (χ1) is 15.0. The summed E-state index contributed by atoms with van der Waals surface area (Å²) >= 11 is 1.45. The van der Waals surface area contributed by atoms with E-state index < -0.39 is 0 Å². The Hall–Kier alpha value is -2.80. The number of rotatable bonds is 6. The summed E-state index contributed by atoms with van der Waals surface area (Å²) in [6.07, 6.45) is 10.7. The van der Waals surface area contributed by atoms with E-state index in [0.717, 1.165) is 50.2 Å². The fourth-order valence-electron chi connectivity index (χ4n) is 4.99. The molecule has 0 aromatic carbocycles. The second-order valence-electron chi connectivity index (χ2n) is 8.85. The zero-order chi connectivity index (χ0) is 21.5. The number of pyridine rings is 1. The zero-order valence-corrected chi connectivity index (χ0v) is 18.9. The molecule has 0 saturated heterocycles. The molecule has 2 aliphatic rings. The third-order valence-corrected chi connectivity index (χ3v) is 7.78. The summed E-state index contributed by atoms with van der Waals surface area (Å²) in [5, 5.41) is 4.55. The minimum Gasteiger partial charge on any atom is -0.369 e. The predicted octanol–water partition coefficient (Wildman–Crippen LogP) is 4.60. The van der Waals surface area contributed by atoms with Gasteiger partial charge in [0.2, 0.25) is 0 Å². The summed E-state index contributed by atoms with van der Waals surface area (Å²) in [5.74, 6) is 2.97. The van der Waals surface area contributed by atoms with Crippen LogP contribution in [0.15, 0.2) is 36.8 Å². The van der Waals surface area contributed by atoms with Crippen molar-refractivity contribution < 1.29 is 4.79 Å². The number of allylic oxidation sites excluding steroid dienone is 2. The summed E-state index contributed by atoms with van der Waals surface area (Å²) in [5.41, 5.74) is 2.98. The molecule has 3 heterocycles. The van der Waals surface area contributed by atoms with Gasteiger partial charge in [0.15, 0.2) is 0 Å². The molecule has 3 aromatic rings. The molecule has 1 saturated carbocycles. The Morgan fingerprint density at radius 3 is 2.84 bits per heavy atom. The van der Waals surface area contributed by atoms with Crippen molar-refractivity contribution in [2.24, 2.45) is 17.8 Å². The average Bonchev–Trinajstić information content (AvgIpc) is 3.46. The second-order valence-corrected chi connectivity index (χ2v) is 9.85. The van der Waals surface area contributed by atoms with Crippen LogP contribution in [0, 0.1) is 31.6 Å². The van der Waals surface area contributed by atoms with Crippen molar-refractivity contribution in [1.29, 1.82) is 0 Å². The molecule has 7 heteroatoms. The van der Waals surface area contributed by atoms with E-state index in [2.05, 4.69) is 32.4 Å². The number of nitrogens with zero attached hydrogens (tertiary/aromatic N) is 4. The lowest BCUT2D eigenvalue weighted by Gasteiger charge is -2.19. The molecule has 3 aromatic heterocycles. The van der Waals surface area contributed by atoms with Gasteiger partial charge in [0.25, 0.3) is 5.91 Å². The Balaban J connectivity index is 1.36. The Bertz CT molecular complexity index is 1170. The highest BCUT2D eigenvalue weighted by molar-refractivity contribution is 7.20. The van der Waals surface area contributed by atoms with Crippen molar-refractivity contribution >= 4 is 33.3 Å². The van der Waals surface area contributed by atoms with Crippen LogP contribution in [-0.2, 0) is 6.54 Å². The van der Waals surface area contributed by atoms with E-state index in [1.54, 1.807) is 17.4 Å². The normalized spacial score (nSPS) is 21.7. The highest BCUT2D eigenvalue weighted by Crippen LogP contribution is 2.43. The minimum atomic E-state index is 0.0131. The van der Waals surface area contributed by atoms with Gasteiger partial charge in [0, 0.05) is 32.0 Å². The predicted molar refractivity (Wildman–Crippen MR) is 124 cm³/mol. The van der Waals surface area contributed by atoms with Crippen molar-refractivity contribution in [3.8, 4) is 0 Å². The SMILES string of the molecule is Cc1cc(CN(C)C(=O)c2sc3ncnc(NCC4CC5C=CC4C5)c3c2C)ccn1. The Morgan fingerprint density at radius 2 is 2.10 bits per heavy atom. The third kappa shape index (κ3) is 3.82. The smallest absolute Gasteiger partial charge is 0.264 e. The summed E-state index contributed by atoms with van der Waals surface area (Å²) in [7, 11) is 1.84. The highest BCUT2D eigenvalue weighted by atomic mass is 32.1. The largest absolute Gasteiger partial charge is 0.369 e. The van der Waals surface area contributed by atoms with Crippen molar-refractivity contribution in [2.45, 2.75) is 33.2 Å². The van der Waals surface area contributed by atoms with Crippen LogP contribution >= 0.6 is 11.3 Å². The standard InChI is InChI=1S/C24H27N5OS/c1-14-8-17(6-7-25-14)12-29(3)24(30)21-15(2)20-22(27-13-28-23(20)31-21)26-11-19-10-16-4-5-18(19)9-16/h4-8,13,16,18-19H,9-12H2,1-3H3,(H,26,27,28). The van der Waals surface area contributed by atoms with Gasteiger partial charge in [-0.05, 0) is 67.7 Å². The quantitative estimate of drug-likeness (QED) is 0.575. The van der Waals surface area contributed by atoms with Crippen molar-refractivity contribution in [1.82, 2.24) is 19.9 Å². The van der Waals surface area contributed by atoms with E-state index in [1.165, 1.54) is 24.2 Å². The maximum absolute atomic E-state index is 13.2. The monoisotopic (exact) mass is 433 g/mol. The first kappa shape index (κ1) is 20.1. The lowest BCUT2D eigenvalue weighted by atomic mass is 9.93. The summed E-state index contributed by atoms with van der Waals surface area (Å²) in [6, 6.07) is 3.97. The summed E-state index contributed by atoms with van der Waals surface area (Å²) in [4.78, 5) is 29.8. The molecule has 2 aliphatic carbocycles. The van der Waals surface area contributed by atoms with Crippen LogP contribution < -0.4 is 5.32 Å². The van der Waals surface area contributed by atoms with Crippen LogP contribution in [0.4, 0.5) is 5.82 Å². The summed E-state index contributed by atoms with van der Waals surface area (Å²) in [6.45, 7) is 5.43. The van der Waals surface area contributed by atoms with Crippen LogP contribution in [-0.4, -0.2) is 39.4 Å². The molecule has 0 radical (unpaired) electrons. The maximum Gasteiger partial charge on any atom is 0.264 e. The van der Waals surface area contributed by atoms with E-state index >= 15 is 0 Å². The van der Waals surface area contributed by atoms with Gasteiger partial charge in [0.05, 0.1) is 10.3 Å². The molecule has 1 amide bonds. The number of carbonyl (C=O) groups excluding carboxylic acids is 1. The molecular weight excluding hydrogens is 406 g/mol. The molecule has 3 atom stereocenters. The van der Waals surface area contributed by atoms with Crippen LogP contribution in [0.25, 0.3) is 10.2 Å². The number of amides is 1. The second kappa shape index (κ2) is 8.04. The third-order valence-electron chi connectivity index (χ3n) is 6.60. The van der Waals surface area contributed by atoms with Gasteiger partial charge in [-0.15, -0.1) is 11.3 Å². The summed E-state index contributed by atoms with van der Waals surface area (Å²) < 4.78 is 0. The van der Waals surface area contributed by atoms with Gasteiger partial charge in [-0.2, -0.15) is 0 Å². The maximum atomic E-state index is 13.2. The number of aryl methyl sites for hydroxylation is 2. The topological polar surface area (TPSA) is 71.0 Å². The molecule has 6 nitrogen and oxygen atoms in total. The first-order valence-electron chi connectivity index (χ1n) is 10.8. The molecule has 31 heavy (non-hydrogen) atoms. The van der Waals surface area contributed by atoms with E-state index in [4.69, 9.17) is 0 Å². The minimum absolute atomic E-state index is 0.0131. The van der Waals surface area contributed by atoms with Crippen molar-refractivity contribution in [3.05, 3.63) is 58.5 Å². The number of hydrogen-bond acceptors (Lipinski definition) is 6. The molecule has 0 spiro atoms. The lowest BCUT2D eigenvalue weighted by molar-refractivity contribution is 0.0789. The van der Waals surface area contributed by atoms with Gasteiger partial charge < -0.3 is 10.2 Å². The number of anilines is 1. The van der Waals surface area contributed by atoms with Crippen LogP contribution in [0.3, 0.4) is 0 Å². The van der Waals surface area contributed by atoms with E-state index in [9.17, 15) is 4.79 Å². The van der Waals surface area contributed by atoms with Gasteiger partial charge in [-0.3, -0.25) is 9.78 Å². The number of carbonyl (C=O) groups is 1. The van der Waals surface area contributed by atoms with Crippen LogP contribution in [0.1, 0.15) is 39.3 Å². The number of aromatic nitrogens is 3.